The summed E-state index contributed by atoms with van der Waals surface area (Å²) in [6.45, 7) is 9.13. The van der Waals surface area contributed by atoms with Gasteiger partial charge in [0.1, 0.15) is 0 Å². The lowest BCUT2D eigenvalue weighted by atomic mass is 10.3. The Labute approximate surface area is 80.6 Å². The standard InChI is InChI=1S/C10H20N2O/c1-8(2)5-6-11-7-10(13)12-9(3)4/h5,9,11H,6-7H2,1-4H3,(H,12,13). The topological polar surface area (TPSA) is 41.1 Å². The molecule has 0 radical (unpaired) electrons. The van der Waals surface area contributed by atoms with Gasteiger partial charge in [-0.05, 0) is 27.7 Å². The van der Waals surface area contributed by atoms with Gasteiger partial charge in [0.25, 0.3) is 0 Å². The molecule has 0 bridgehead atoms. The van der Waals surface area contributed by atoms with Crippen LogP contribution in [-0.2, 0) is 4.79 Å². The van der Waals surface area contributed by atoms with Crippen molar-refractivity contribution in [3.63, 3.8) is 0 Å². The number of amides is 1. The predicted molar refractivity (Wildman–Crippen MR) is 55.6 cm³/mol. The highest BCUT2D eigenvalue weighted by atomic mass is 16.1. The molecule has 0 aliphatic carbocycles. The lowest BCUT2D eigenvalue weighted by Gasteiger charge is -2.07. The number of hydrogen-bond donors (Lipinski definition) is 2. The largest absolute Gasteiger partial charge is 0.353 e. The van der Waals surface area contributed by atoms with E-state index in [9.17, 15) is 4.79 Å². The summed E-state index contributed by atoms with van der Waals surface area (Å²) in [5.41, 5.74) is 1.26. The van der Waals surface area contributed by atoms with E-state index in [1.165, 1.54) is 5.57 Å². The highest BCUT2D eigenvalue weighted by Gasteiger charge is 2.00. The van der Waals surface area contributed by atoms with Gasteiger partial charge in [0.05, 0.1) is 6.54 Å². The normalized spacial score (nSPS) is 9.92. The summed E-state index contributed by atoms with van der Waals surface area (Å²) in [5, 5.41) is 5.84. The van der Waals surface area contributed by atoms with Gasteiger partial charge in [-0.2, -0.15) is 0 Å². The van der Waals surface area contributed by atoms with Crippen LogP contribution < -0.4 is 10.6 Å². The van der Waals surface area contributed by atoms with Gasteiger partial charge in [0.2, 0.25) is 5.91 Å². The Hall–Kier alpha value is -0.830. The maximum Gasteiger partial charge on any atom is 0.234 e. The summed E-state index contributed by atoms with van der Waals surface area (Å²) in [4.78, 5) is 11.1. The van der Waals surface area contributed by atoms with E-state index in [2.05, 4.69) is 16.7 Å². The van der Waals surface area contributed by atoms with Crippen LogP contribution in [0.3, 0.4) is 0 Å². The van der Waals surface area contributed by atoms with Crippen LogP contribution in [0.2, 0.25) is 0 Å². The summed E-state index contributed by atoms with van der Waals surface area (Å²) in [6.07, 6.45) is 2.06. The highest BCUT2D eigenvalue weighted by molar-refractivity contribution is 5.78. The minimum absolute atomic E-state index is 0.0529. The third-order valence-electron chi connectivity index (χ3n) is 1.39. The molecule has 1 amide bonds. The fourth-order valence-electron chi connectivity index (χ4n) is 0.835. The van der Waals surface area contributed by atoms with Gasteiger partial charge in [0.15, 0.2) is 0 Å². The van der Waals surface area contributed by atoms with E-state index in [-0.39, 0.29) is 11.9 Å². The number of carbonyl (C=O) groups is 1. The zero-order valence-electron chi connectivity index (χ0n) is 8.98. The van der Waals surface area contributed by atoms with E-state index < -0.39 is 0 Å². The van der Waals surface area contributed by atoms with Crippen LogP contribution in [0.5, 0.6) is 0 Å². The summed E-state index contributed by atoms with van der Waals surface area (Å²) < 4.78 is 0. The van der Waals surface area contributed by atoms with Crippen molar-refractivity contribution < 1.29 is 4.79 Å². The van der Waals surface area contributed by atoms with Crippen LogP contribution in [0.4, 0.5) is 0 Å². The first-order valence-electron chi connectivity index (χ1n) is 4.66. The second kappa shape index (κ2) is 6.66. The average molecular weight is 184 g/mol. The number of carbonyl (C=O) groups excluding carboxylic acids is 1. The van der Waals surface area contributed by atoms with Crippen LogP contribution in [0, 0.1) is 0 Å². The monoisotopic (exact) mass is 184 g/mol. The van der Waals surface area contributed by atoms with Gasteiger partial charge >= 0.3 is 0 Å². The van der Waals surface area contributed by atoms with E-state index in [1.54, 1.807) is 0 Å². The Kier molecular flexibility index (Phi) is 6.24. The summed E-state index contributed by atoms with van der Waals surface area (Å²) in [6, 6.07) is 0.220. The molecule has 0 aromatic heterocycles. The van der Waals surface area contributed by atoms with Gasteiger partial charge in [-0.25, -0.2) is 0 Å². The molecule has 3 nitrogen and oxygen atoms in total. The molecular weight excluding hydrogens is 164 g/mol. The Morgan fingerprint density at radius 3 is 2.46 bits per heavy atom. The van der Waals surface area contributed by atoms with E-state index in [1.807, 2.05) is 27.7 Å². The van der Waals surface area contributed by atoms with E-state index in [0.29, 0.717) is 6.54 Å². The maximum atomic E-state index is 11.1. The van der Waals surface area contributed by atoms with Gasteiger partial charge < -0.3 is 10.6 Å². The van der Waals surface area contributed by atoms with Crippen molar-refractivity contribution in [2.45, 2.75) is 33.7 Å². The van der Waals surface area contributed by atoms with Crippen LogP contribution in [0.15, 0.2) is 11.6 Å². The molecule has 0 spiro atoms. The molecule has 0 heterocycles. The zero-order chi connectivity index (χ0) is 10.3. The van der Waals surface area contributed by atoms with Gasteiger partial charge in [-0.1, -0.05) is 11.6 Å². The van der Waals surface area contributed by atoms with Gasteiger partial charge in [-0.3, -0.25) is 4.79 Å². The molecule has 0 atom stereocenters. The van der Waals surface area contributed by atoms with Crippen LogP contribution in [0.25, 0.3) is 0 Å². The molecule has 0 aliphatic rings. The van der Waals surface area contributed by atoms with Crippen molar-refractivity contribution >= 4 is 5.91 Å². The minimum Gasteiger partial charge on any atom is -0.353 e. The molecule has 0 rings (SSSR count). The molecule has 3 heteroatoms. The molecule has 0 unspecified atom stereocenters. The molecule has 76 valence electrons. The smallest absolute Gasteiger partial charge is 0.234 e. The SMILES string of the molecule is CC(C)=CCNCC(=O)NC(C)C. The van der Waals surface area contributed by atoms with Crippen molar-refractivity contribution in [1.29, 1.82) is 0 Å². The lowest BCUT2D eigenvalue weighted by molar-refractivity contribution is -0.120. The quantitative estimate of drug-likeness (QED) is 0.495. The Morgan fingerprint density at radius 1 is 1.38 bits per heavy atom. The molecule has 0 aromatic carbocycles. The zero-order valence-corrected chi connectivity index (χ0v) is 8.98. The molecule has 2 N–H and O–H groups in total. The molecule has 13 heavy (non-hydrogen) atoms. The summed E-state index contributed by atoms with van der Waals surface area (Å²) in [7, 11) is 0. The number of nitrogens with one attached hydrogen (secondary N) is 2. The molecule has 0 fully saturated rings. The maximum absolute atomic E-state index is 11.1. The van der Waals surface area contributed by atoms with Gasteiger partial charge in [0, 0.05) is 12.6 Å². The minimum atomic E-state index is 0.0529. The fourth-order valence-corrected chi connectivity index (χ4v) is 0.835. The lowest BCUT2D eigenvalue weighted by Crippen LogP contribution is -2.37. The second-order valence-corrected chi connectivity index (χ2v) is 3.63. The van der Waals surface area contributed by atoms with Crippen molar-refractivity contribution in [3.8, 4) is 0 Å². The van der Waals surface area contributed by atoms with Crippen molar-refractivity contribution in [2.24, 2.45) is 0 Å². The van der Waals surface area contributed by atoms with Crippen molar-refractivity contribution in [1.82, 2.24) is 10.6 Å². The summed E-state index contributed by atoms with van der Waals surface area (Å²) in [5.74, 6) is 0.0529. The van der Waals surface area contributed by atoms with Crippen molar-refractivity contribution in [3.05, 3.63) is 11.6 Å². The van der Waals surface area contributed by atoms with Crippen LogP contribution in [-0.4, -0.2) is 25.0 Å². The number of rotatable bonds is 5. The van der Waals surface area contributed by atoms with E-state index >= 15 is 0 Å². The molecule has 0 aliphatic heterocycles. The number of hydrogen-bond acceptors (Lipinski definition) is 2. The number of allylic oxidation sites excluding steroid dienone is 1. The van der Waals surface area contributed by atoms with Gasteiger partial charge in [-0.15, -0.1) is 0 Å². The fraction of sp³-hybridized carbons (Fsp3) is 0.700. The van der Waals surface area contributed by atoms with Crippen LogP contribution >= 0.6 is 0 Å². The first-order valence-corrected chi connectivity index (χ1v) is 4.66. The Morgan fingerprint density at radius 2 is 2.00 bits per heavy atom. The summed E-state index contributed by atoms with van der Waals surface area (Å²) >= 11 is 0. The third kappa shape index (κ3) is 9.08. The van der Waals surface area contributed by atoms with Crippen LogP contribution in [0.1, 0.15) is 27.7 Å². The van der Waals surface area contributed by atoms with Crippen molar-refractivity contribution in [2.75, 3.05) is 13.1 Å². The third-order valence-corrected chi connectivity index (χ3v) is 1.39. The first-order chi connectivity index (χ1) is 6.02. The molecule has 0 saturated carbocycles. The second-order valence-electron chi connectivity index (χ2n) is 3.63. The molecule has 0 saturated heterocycles. The van der Waals surface area contributed by atoms with E-state index in [4.69, 9.17) is 0 Å². The predicted octanol–water partition coefficient (Wildman–Crippen LogP) is 1.07. The molecular formula is C10H20N2O. The first kappa shape index (κ1) is 12.2. The highest BCUT2D eigenvalue weighted by Crippen LogP contribution is 1.84. The average Bonchev–Trinajstić information content (AvgIpc) is 1.96. The Balaban J connectivity index is 3.43. The Bertz CT molecular complexity index is 181. The molecule has 0 aromatic rings. The van der Waals surface area contributed by atoms with E-state index in [0.717, 1.165) is 6.54 Å².